The summed E-state index contributed by atoms with van der Waals surface area (Å²) < 4.78 is 28.8. The van der Waals surface area contributed by atoms with E-state index < -0.39 is 9.84 Å². The third kappa shape index (κ3) is 3.64. The molecule has 8 heteroatoms. The van der Waals surface area contributed by atoms with Gasteiger partial charge in [-0.2, -0.15) is 0 Å². The molecule has 0 saturated carbocycles. The molecule has 0 atom stereocenters. The number of ether oxygens (including phenoxy) is 1. The molecule has 0 fully saturated rings. The molecule has 3 rings (SSSR count). The van der Waals surface area contributed by atoms with Crippen LogP contribution < -0.4 is 10.5 Å². The number of aromatic nitrogens is 2. The third-order valence-corrected chi connectivity index (χ3v) is 4.98. The molecule has 2 aromatic heterocycles. The molecule has 0 amide bonds. The van der Waals surface area contributed by atoms with Gasteiger partial charge in [0, 0.05) is 17.2 Å². The molecule has 6 nitrogen and oxygen atoms in total. The van der Waals surface area contributed by atoms with E-state index in [1.54, 1.807) is 6.07 Å². The van der Waals surface area contributed by atoms with Crippen molar-refractivity contribution in [3.63, 3.8) is 0 Å². The molecule has 0 aliphatic heterocycles. The van der Waals surface area contributed by atoms with E-state index in [2.05, 4.69) is 9.97 Å². The number of nitrogens with zero attached hydrogens (tertiary/aromatic N) is 1. The lowest BCUT2D eigenvalue weighted by atomic mass is 10.1. The zero-order valence-corrected chi connectivity index (χ0v) is 15.4. The summed E-state index contributed by atoms with van der Waals surface area (Å²) in [4.78, 5) is 7.46. The second kappa shape index (κ2) is 6.45. The second-order valence-electron chi connectivity index (χ2n) is 5.65. The maximum Gasteiger partial charge on any atom is 0.192 e. The number of aromatic amines is 1. The number of hydrogen-bond donors (Lipinski definition) is 2. The van der Waals surface area contributed by atoms with Gasteiger partial charge in [-0.15, -0.1) is 0 Å². The summed E-state index contributed by atoms with van der Waals surface area (Å²) in [5.41, 5.74) is 8.44. The van der Waals surface area contributed by atoms with Crippen molar-refractivity contribution in [2.24, 2.45) is 5.73 Å². The molecule has 3 aromatic rings. The van der Waals surface area contributed by atoms with Crippen molar-refractivity contribution < 1.29 is 13.2 Å². The van der Waals surface area contributed by atoms with Crippen LogP contribution in [0.2, 0.25) is 0 Å². The Hall–Kier alpha value is -2.45. The summed E-state index contributed by atoms with van der Waals surface area (Å²) in [7, 11) is -3.33. The first kappa shape index (κ1) is 17.4. The topological polar surface area (TPSA) is 98.1 Å². The molecule has 3 N–H and O–H groups in total. The average Bonchev–Trinajstić information content (AvgIpc) is 2.98. The van der Waals surface area contributed by atoms with Crippen molar-refractivity contribution in [2.45, 2.75) is 18.4 Å². The van der Waals surface area contributed by atoms with Gasteiger partial charge in [-0.1, -0.05) is 19.1 Å². The summed E-state index contributed by atoms with van der Waals surface area (Å²) >= 11 is 5.02. The summed E-state index contributed by atoms with van der Waals surface area (Å²) in [5.74, 6) is 1.09. The van der Waals surface area contributed by atoms with Crippen molar-refractivity contribution in [1.29, 1.82) is 0 Å². The first-order valence-corrected chi connectivity index (χ1v) is 9.87. The normalized spacial score (nSPS) is 11.6. The van der Waals surface area contributed by atoms with Gasteiger partial charge in [0.1, 0.15) is 16.5 Å². The van der Waals surface area contributed by atoms with E-state index in [0.717, 1.165) is 29.1 Å². The number of pyridine rings is 1. The monoisotopic (exact) mass is 375 g/mol. The highest BCUT2D eigenvalue weighted by molar-refractivity contribution is 7.90. The fraction of sp³-hybridized carbons (Fsp3) is 0.176. The zero-order chi connectivity index (χ0) is 18.2. The van der Waals surface area contributed by atoms with Crippen molar-refractivity contribution in [3.05, 3.63) is 47.8 Å². The zero-order valence-electron chi connectivity index (χ0n) is 13.7. The molecule has 0 saturated heterocycles. The number of benzene rings is 1. The number of hydrogen-bond acceptors (Lipinski definition) is 5. The van der Waals surface area contributed by atoms with Crippen LogP contribution in [0.25, 0.3) is 10.9 Å². The van der Waals surface area contributed by atoms with Gasteiger partial charge in [0.25, 0.3) is 0 Å². The van der Waals surface area contributed by atoms with E-state index >= 15 is 0 Å². The van der Waals surface area contributed by atoms with Crippen LogP contribution in [0.15, 0.2) is 41.6 Å². The van der Waals surface area contributed by atoms with Crippen molar-refractivity contribution in [3.8, 4) is 11.5 Å². The summed E-state index contributed by atoms with van der Waals surface area (Å²) in [5, 5.41) is 0.953. The summed E-state index contributed by atoms with van der Waals surface area (Å²) in [6, 6.07) is 8.68. The molecule has 130 valence electrons. The minimum atomic E-state index is -3.33. The van der Waals surface area contributed by atoms with Crippen molar-refractivity contribution in [2.75, 3.05) is 6.26 Å². The van der Waals surface area contributed by atoms with Crippen LogP contribution in [0.4, 0.5) is 0 Å². The van der Waals surface area contributed by atoms with E-state index in [4.69, 9.17) is 22.7 Å². The molecular weight excluding hydrogens is 358 g/mol. The van der Waals surface area contributed by atoms with Crippen LogP contribution in [0, 0.1) is 0 Å². The van der Waals surface area contributed by atoms with Crippen molar-refractivity contribution >= 4 is 37.9 Å². The molecule has 0 radical (unpaired) electrons. The Morgan fingerprint density at radius 3 is 2.60 bits per heavy atom. The molecular formula is C17H17N3O3S2. The van der Waals surface area contributed by atoms with E-state index in [1.807, 2.05) is 25.1 Å². The lowest BCUT2D eigenvalue weighted by molar-refractivity contribution is 0.479. The second-order valence-corrected chi connectivity index (χ2v) is 8.06. The van der Waals surface area contributed by atoms with E-state index in [-0.39, 0.29) is 5.03 Å². The maximum absolute atomic E-state index is 11.5. The number of nitrogens with one attached hydrogen (secondary N) is 1. The average molecular weight is 375 g/mol. The van der Waals surface area contributed by atoms with Gasteiger partial charge >= 0.3 is 0 Å². The number of H-pyrrole nitrogens is 1. The van der Waals surface area contributed by atoms with E-state index in [1.165, 1.54) is 12.3 Å². The predicted molar refractivity (Wildman–Crippen MR) is 101 cm³/mol. The fourth-order valence-corrected chi connectivity index (χ4v) is 3.21. The molecule has 2 heterocycles. The van der Waals surface area contributed by atoms with Crippen LogP contribution in [0.1, 0.15) is 18.2 Å². The van der Waals surface area contributed by atoms with Crippen LogP contribution in [-0.2, 0) is 16.3 Å². The SMILES string of the molecule is CCc1cc(Oc2ccc(S(C)(=O)=O)nc2)cc2cc(C(N)=S)[nH]c12. The number of thiocarbonyl (C=S) groups is 1. The van der Waals surface area contributed by atoms with Gasteiger partial charge in [0.15, 0.2) is 14.9 Å². The molecule has 1 aromatic carbocycles. The Labute approximate surface area is 150 Å². The standard InChI is InChI=1S/C17H17N3O3S2/c1-3-10-6-13(7-11-8-14(17(18)24)20-16(10)11)23-12-4-5-15(19-9-12)25(2,21)22/h4-9,20H,3H2,1-2H3,(H2,18,24). The minimum absolute atomic E-state index is 0.0104. The predicted octanol–water partition coefficient (Wildman–Crippen LogP) is 2.96. The number of nitrogens with two attached hydrogens (primary N) is 1. The number of aryl methyl sites for hydroxylation is 1. The van der Waals surface area contributed by atoms with Gasteiger partial charge in [0.05, 0.1) is 11.9 Å². The highest BCUT2D eigenvalue weighted by atomic mass is 32.2. The molecule has 0 spiro atoms. The lowest BCUT2D eigenvalue weighted by Crippen LogP contribution is -2.09. The van der Waals surface area contributed by atoms with E-state index in [0.29, 0.717) is 22.2 Å². The Morgan fingerprint density at radius 1 is 1.28 bits per heavy atom. The van der Waals surface area contributed by atoms with Gasteiger partial charge in [-0.25, -0.2) is 13.4 Å². The number of rotatable bonds is 5. The number of fused-ring (bicyclic) bond motifs is 1. The first-order chi connectivity index (χ1) is 11.8. The van der Waals surface area contributed by atoms with Gasteiger partial charge < -0.3 is 15.5 Å². The molecule has 25 heavy (non-hydrogen) atoms. The Kier molecular flexibility index (Phi) is 4.49. The third-order valence-electron chi connectivity index (χ3n) is 3.75. The smallest absolute Gasteiger partial charge is 0.192 e. The molecule has 0 aliphatic rings. The van der Waals surface area contributed by atoms with E-state index in [9.17, 15) is 8.42 Å². The lowest BCUT2D eigenvalue weighted by Gasteiger charge is -2.08. The van der Waals surface area contributed by atoms with Crippen LogP contribution in [0.5, 0.6) is 11.5 Å². The van der Waals surface area contributed by atoms with Crippen molar-refractivity contribution in [1.82, 2.24) is 9.97 Å². The Balaban J connectivity index is 1.97. The largest absolute Gasteiger partial charge is 0.456 e. The molecule has 0 bridgehead atoms. The van der Waals surface area contributed by atoms with Crippen LogP contribution in [-0.4, -0.2) is 29.6 Å². The Morgan fingerprint density at radius 2 is 2.04 bits per heavy atom. The Bertz CT molecular complexity index is 1050. The highest BCUT2D eigenvalue weighted by Gasteiger charge is 2.11. The van der Waals surface area contributed by atoms with Gasteiger partial charge in [0.2, 0.25) is 0 Å². The quantitative estimate of drug-likeness (QED) is 0.665. The summed E-state index contributed by atoms with van der Waals surface area (Å²) in [6.07, 6.45) is 3.31. The number of sulfone groups is 1. The fourth-order valence-electron chi connectivity index (χ4n) is 2.54. The molecule has 0 aliphatic carbocycles. The molecule has 0 unspecified atom stereocenters. The maximum atomic E-state index is 11.5. The van der Waals surface area contributed by atoms with Crippen LogP contribution in [0.3, 0.4) is 0 Å². The van der Waals surface area contributed by atoms with Gasteiger partial charge in [-0.05, 0) is 42.3 Å². The highest BCUT2D eigenvalue weighted by Crippen LogP contribution is 2.29. The first-order valence-electron chi connectivity index (χ1n) is 7.57. The summed E-state index contributed by atoms with van der Waals surface area (Å²) in [6.45, 7) is 2.04. The van der Waals surface area contributed by atoms with Crippen LogP contribution >= 0.6 is 12.2 Å². The minimum Gasteiger partial charge on any atom is -0.456 e. The van der Waals surface area contributed by atoms with Gasteiger partial charge in [-0.3, -0.25) is 0 Å².